The predicted octanol–water partition coefficient (Wildman–Crippen LogP) is 3.96. The third kappa shape index (κ3) is 4.87. The highest BCUT2D eigenvalue weighted by molar-refractivity contribution is 5.89. The van der Waals surface area contributed by atoms with Gasteiger partial charge in [0.25, 0.3) is 0 Å². The zero-order valence-electron chi connectivity index (χ0n) is 14.3. The molecule has 1 aromatic heterocycles. The number of aromatic nitrogens is 1. The molecule has 0 saturated carbocycles. The van der Waals surface area contributed by atoms with Crippen LogP contribution in [0.2, 0.25) is 0 Å². The first-order chi connectivity index (χ1) is 12.8. The fraction of sp³-hybridized carbons (Fsp3) is 0.333. The molecule has 0 bridgehead atoms. The number of amides is 2. The molecule has 0 saturated heterocycles. The molecular formula is C18H18F4N4O. The van der Waals surface area contributed by atoms with Gasteiger partial charge >= 0.3 is 12.2 Å². The van der Waals surface area contributed by atoms with E-state index in [4.69, 9.17) is 0 Å². The maximum atomic E-state index is 13.3. The zero-order chi connectivity index (χ0) is 19.4. The number of hydrogen-bond donors (Lipinski definition) is 3. The van der Waals surface area contributed by atoms with Gasteiger partial charge in [0, 0.05) is 30.9 Å². The lowest BCUT2D eigenvalue weighted by atomic mass is 10.1. The van der Waals surface area contributed by atoms with Crippen molar-refractivity contribution in [3.8, 4) is 0 Å². The van der Waals surface area contributed by atoms with E-state index in [-0.39, 0.29) is 12.2 Å². The van der Waals surface area contributed by atoms with Crippen LogP contribution in [0.1, 0.15) is 23.2 Å². The van der Waals surface area contributed by atoms with Crippen LogP contribution in [0, 0.1) is 5.82 Å². The van der Waals surface area contributed by atoms with Gasteiger partial charge in [-0.2, -0.15) is 13.2 Å². The molecule has 0 radical (unpaired) electrons. The second-order valence-corrected chi connectivity index (χ2v) is 6.16. The summed E-state index contributed by atoms with van der Waals surface area (Å²) in [5, 5.41) is 8.04. The Hall–Kier alpha value is -2.84. The van der Waals surface area contributed by atoms with E-state index in [0.29, 0.717) is 18.6 Å². The van der Waals surface area contributed by atoms with Gasteiger partial charge in [0.05, 0.1) is 5.56 Å². The lowest BCUT2D eigenvalue weighted by Gasteiger charge is -2.17. The SMILES string of the molecule is O=C(NCCc1ccc2c(n1)NCCC2)Nc1ccc(F)c(C(F)(F)F)c1. The monoisotopic (exact) mass is 382 g/mol. The van der Waals surface area contributed by atoms with E-state index in [1.165, 1.54) is 0 Å². The number of alkyl halides is 3. The quantitative estimate of drug-likeness (QED) is 0.702. The normalized spacial score (nSPS) is 13.5. The summed E-state index contributed by atoms with van der Waals surface area (Å²) >= 11 is 0. The smallest absolute Gasteiger partial charge is 0.370 e. The van der Waals surface area contributed by atoms with Crippen molar-refractivity contribution in [3.05, 3.63) is 53.0 Å². The molecule has 0 fully saturated rings. The van der Waals surface area contributed by atoms with Crippen LogP contribution in [0.15, 0.2) is 30.3 Å². The molecule has 3 rings (SSSR count). The Morgan fingerprint density at radius 3 is 2.81 bits per heavy atom. The summed E-state index contributed by atoms with van der Waals surface area (Å²) in [7, 11) is 0. The van der Waals surface area contributed by atoms with Crippen LogP contribution in [0.5, 0.6) is 0 Å². The molecule has 0 aliphatic carbocycles. The van der Waals surface area contributed by atoms with Gasteiger partial charge in [-0.1, -0.05) is 6.07 Å². The lowest BCUT2D eigenvalue weighted by Crippen LogP contribution is -2.30. The number of hydrogen-bond acceptors (Lipinski definition) is 3. The van der Waals surface area contributed by atoms with E-state index >= 15 is 0 Å². The fourth-order valence-electron chi connectivity index (χ4n) is 2.81. The Morgan fingerprint density at radius 2 is 2.04 bits per heavy atom. The first-order valence-corrected chi connectivity index (χ1v) is 8.47. The molecule has 3 N–H and O–H groups in total. The molecule has 9 heteroatoms. The number of rotatable bonds is 4. The maximum absolute atomic E-state index is 13.3. The molecule has 2 heterocycles. The zero-order valence-corrected chi connectivity index (χ0v) is 14.3. The van der Waals surface area contributed by atoms with Crippen LogP contribution in [0.25, 0.3) is 0 Å². The average molecular weight is 382 g/mol. The molecule has 0 spiro atoms. The van der Waals surface area contributed by atoms with E-state index in [1.807, 2.05) is 12.1 Å². The number of carbonyl (C=O) groups is 1. The topological polar surface area (TPSA) is 66.0 Å². The van der Waals surface area contributed by atoms with Crippen molar-refractivity contribution in [1.29, 1.82) is 0 Å². The van der Waals surface area contributed by atoms with Gasteiger partial charge in [0.2, 0.25) is 0 Å². The number of nitrogens with one attached hydrogen (secondary N) is 3. The summed E-state index contributed by atoms with van der Waals surface area (Å²) < 4.78 is 51.3. The highest BCUT2D eigenvalue weighted by Crippen LogP contribution is 2.32. The molecule has 2 amide bonds. The first-order valence-electron chi connectivity index (χ1n) is 8.47. The fourth-order valence-corrected chi connectivity index (χ4v) is 2.81. The summed E-state index contributed by atoms with van der Waals surface area (Å²) in [4.78, 5) is 16.3. The second kappa shape index (κ2) is 7.81. The van der Waals surface area contributed by atoms with Crippen molar-refractivity contribution in [2.24, 2.45) is 0 Å². The number of urea groups is 1. The van der Waals surface area contributed by atoms with Gasteiger partial charge in [-0.15, -0.1) is 0 Å². The van der Waals surface area contributed by atoms with E-state index < -0.39 is 23.6 Å². The van der Waals surface area contributed by atoms with Crippen molar-refractivity contribution in [1.82, 2.24) is 10.3 Å². The lowest BCUT2D eigenvalue weighted by molar-refractivity contribution is -0.139. The van der Waals surface area contributed by atoms with Crippen molar-refractivity contribution < 1.29 is 22.4 Å². The molecule has 0 atom stereocenters. The molecule has 2 aromatic rings. The third-order valence-electron chi connectivity index (χ3n) is 4.15. The van der Waals surface area contributed by atoms with Crippen LogP contribution in [-0.4, -0.2) is 24.1 Å². The molecule has 5 nitrogen and oxygen atoms in total. The van der Waals surface area contributed by atoms with Crippen molar-refractivity contribution in [2.45, 2.75) is 25.4 Å². The van der Waals surface area contributed by atoms with Crippen molar-refractivity contribution >= 4 is 17.5 Å². The summed E-state index contributed by atoms with van der Waals surface area (Å²) in [6.45, 7) is 1.13. The molecule has 0 unspecified atom stereocenters. The summed E-state index contributed by atoms with van der Waals surface area (Å²) in [5.74, 6) is -0.533. The molecular weight excluding hydrogens is 364 g/mol. The van der Waals surface area contributed by atoms with Gasteiger partial charge in [-0.3, -0.25) is 0 Å². The van der Waals surface area contributed by atoms with Crippen LogP contribution in [0.3, 0.4) is 0 Å². The largest absolute Gasteiger partial charge is 0.419 e. The Morgan fingerprint density at radius 1 is 1.22 bits per heavy atom. The van der Waals surface area contributed by atoms with Gasteiger partial charge < -0.3 is 16.0 Å². The number of fused-ring (bicyclic) bond motifs is 1. The summed E-state index contributed by atoms with van der Waals surface area (Å²) in [6.07, 6.45) is -2.31. The van der Waals surface area contributed by atoms with Crippen molar-refractivity contribution in [3.63, 3.8) is 0 Å². The number of carbonyl (C=O) groups excluding carboxylic acids is 1. The Balaban J connectivity index is 1.53. The standard InChI is InChI=1S/C18H18F4N4O/c19-15-6-5-13(10-14(15)18(20,21)22)26-17(27)24-9-7-12-4-3-11-2-1-8-23-16(11)25-12/h3-6,10H,1-2,7-9H2,(H,23,25)(H2,24,26,27). The van der Waals surface area contributed by atoms with Gasteiger partial charge in [0.15, 0.2) is 0 Å². The van der Waals surface area contributed by atoms with Gasteiger partial charge in [-0.25, -0.2) is 14.2 Å². The molecule has 27 heavy (non-hydrogen) atoms. The van der Waals surface area contributed by atoms with E-state index in [0.717, 1.165) is 42.5 Å². The summed E-state index contributed by atoms with van der Waals surface area (Å²) in [5.41, 5.74) is 0.389. The Labute approximate surface area is 153 Å². The summed E-state index contributed by atoms with van der Waals surface area (Å²) in [6, 6.07) is 5.52. The second-order valence-electron chi connectivity index (χ2n) is 6.16. The van der Waals surface area contributed by atoms with Crippen LogP contribution >= 0.6 is 0 Å². The van der Waals surface area contributed by atoms with Crippen LogP contribution in [-0.2, 0) is 19.0 Å². The number of pyridine rings is 1. The number of aryl methyl sites for hydroxylation is 1. The predicted molar refractivity (Wildman–Crippen MR) is 93.2 cm³/mol. The minimum atomic E-state index is -4.83. The Bertz CT molecular complexity index is 839. The van der Waals surface area contributed by atoms with Crippen molar-refractivity contribution in [2.75, 3.05) is 23.7 Å². The van der Waals surface area contributed by atoms with Crippen LogP contribution < -0.4 is 16.0 Å². The minimum absolute atomic E-state index is 0.141. The van der Waals surface area contributed by atoms with Gasteiger partial charge in [0.1, 0.15) is 11.6 Å². The molecule has 1 aliphatic rings. The average Bonchev–Trinajstić information content (AvgIpc) is 2.62. The first kappa shape index (κ1) is 18.9. The number of nitrogens with zero attached hydrogens (tertiary/aromatic N) is 1. The van der Waals surface area contributed by atoms with E-state index in [1.54, 1.807) is 0 Å². The number of halogens is 4. The van der Waals surface area contributed by atoms with E-state index in [9.17, 15) is 22.4 Å². The number of anilines is 2. The highest BCUT2D eigenvalue weighted by Gasteiger charge is 2.34. The van der Waals surface area contributed by atoms with Crippen LogP contribution in [0.4, 0.5) is 33.9 Å². The maximum Gasteiger partial charge on any atom is 0.419 e. The Kier molecular flexibility index (Phi) is 5.48. The van der Waals surface area contributed by atoms with E-state index in [2.05, 4.69) is 20.9 Å². The molecule has 144 valence electrons. The number of benzene rings is 1. The highest BCUT2D eigenvalue weighted by atomic mass is 19.4. The minimum Gasteiger partial charge on any atom is -0.370 e. The third-order valence-corrected chi connectivity index (χ3v) is 4.15. The van der Waals surface area contributed by atoms with Gasteiger partial charge in [-0.05, 0) is 42.7 Å². The molecule has 1 aromatic carbocycles. The molecule has 1 aliphatic heterocycles.